The van der Waals surface area contributed by atoms with Crippen LogP contribution < -0.4 is 5.32 Å². The first-order chi connectivity index (χ1) is 8.25. The molecule has 0 saturated carbocycles. The topological polar surface area (TPSA) is 55.2 Å². The minimum absolute atomic E-state index is 0.0818. The summed E-state index contributed by atoms with van der Waals surface area (Å²) in [6, 6.07) is 2.18. The first-order valence-corrected chi connectivity index (χ1v) is 4.84. The summed E-state index contributed by atoms with van der Waals surface area (Å²) in [6.45, 7) is 1.58. The first kappa shape index (κ1) is 13.8. The summed E-state index contributed by atoms with van der Waals surface area (Å²) in [5.41, 5.74) is -2.21. The standard InChI is InChI=1S/C11H9F3N2O2/c1-3-7(2)15-8-4-5-10(16(17)18)9(6-8)11(12,13)14/h1,4-7,15H,2H3. The highest BCUT2D eigenvalue weighted by molar-refractivity contribution is 5.56. The molecule has 18 heavy (non-hydrogen) atoms. The summed E-state index contributed by atoms with van der Waals surface area (Å²) in [6.07, 6.45) is 0.287. The lowest BCUT2D eigenvalue weighted by molar-refractivity contribution is -0.388. The van der Waals surface area contributed by atoms with Crippen LogP contribution in [-0.2, 0) is 6.18 Å². The molecule has 1 aromatic rings. The van der Waals surface area contributed by atoms with E-state index in [-0.39, 0.29) is 5.69 Å². The molecule has 0 aliphatic rings. The molecule has 1 N–H and O–H groups in total. The summed E-state index contributed by atoms with van der Waals surface area (Å²) < 4.78 is 37.9. The van der Waals surface area contributed by atoms with E-state index in [0.717, 1.165) is 6.07 Å². The van der Waals surface area contributed by atoms with E-state index >= 15 is 0 Å². The van der Waals surface area contributed by atoms with Gasteiger partial charge in [-0.05, 0) is 19.1 Å². The molecule has 0 fully saturated rings. The lowest BCUT2D eigenvalue weighted by atomic mass is 10.1. The Hall–Kier alpha value is -2.23. The van der Waals surface area contributed by atoms with Crippen LogP contribution in [0.1, 0.15) is 12.5 Å². The molecule has 0 aromatic heterocycles. The third-order valence-electron chi connectivity index (χ3n) is 2.13. The lowest BCUT2D eigenvalue weighted by Gasteiger charge is -2.12. The molecular formula is C11H9F3N2O2. The van der Waals surface area contributed by atoms with Crippen molar-refractivity contribution in [3.8, 4) is 12.3 Å². The summed E-state index contributed by atoms with van der Waals surface area (Å²) in [4.78, 5) is 9.44. The van der Waals surface area contributed by atoms with Crippen molar-refractivity contribution in [2.24, 2.45) is 0 Å². The van der Waals surface area contributed by atoms with E-state index < -0.39 is 28.4 Å². The number of hydrogen-bond acceptors (Lipinski definition) is 3. The molecule has 0 heterocycles. The predicted octanol–water partition coefficient (Wildman–Crippen LogP) is 3.05. The number of halogens is 3. The number of terminal acetylenes is 1. The summed E-state index contributed by atoms with van der Waals surface area (Å²) in [5, 5.41) is 13.1. The van der Waals surface area contributed by atoms with Crippen molar-refractivity contribution in [3.05, 3.63) is 33.9 Å². The molecule has 0 radical (unpaired) electrons. The number of anilines is 1. The van der Waals surface area contributed by atoms with E-state index in [1.165, 1.54) is 6.07 Å². The van der Waals surface area contributed by atoms with Gasteiger partial charge in [0.1, 0.15) is 5.56 Å². The molecule has 4 nitrogen and oxygen atoms in total. The van der Waals surface area contributed by atoms with Gasteiger partial charge in [0.05, 0.1) is 11.0 Å². The fraction of sp³-hybridized carbons (Fsp3) is 0.273. The van der Waals surface area contributed by atoms with Crippen LogP contribution >= 0.6 is 0 Å². The van der Waals surface area contributed by atoms with E-state index in [9.17, 15) is 23.3 Å². The van der Waals surface area contributed by atoms with Gasteiger partial charge in [0.25, 0.3) is 5.69 Å². The predicted molar refractivity (Wildman–Crippen MR) is 60.0 cm³/mol. The SMILES string of the molecule is C#CC(C)Nc1ccc([N+](=O)[O-])c(C(F)(F)F)c1. The van der Waals surface area contributed by atoms with Crippen molar-refractivity contribution in [2.45, 2.75) is 19.1 Å². The average molecular weight is 258 g/mol. The Kier molecular flexibility index (Phi) is 3.81. The number of benzene rings is 1. The highest BCUT2D eigenvalue weighted by atomic mass is 19.4. The average Bonchev–Trinajstić information content (AvgIpc) is 2.27. The third-order valence-corrected chi connectivity index (χ3v) is 2.13. The molecule has 1 rings (SSSR count). The van der Waals surface area contributed by atoms with E-state index in [2.05, 4.69) is 11.2 Å². The summed E-state index contributed by atoms with van der Waals surface area (Å²) in [5.74, 6) is 2.28. The molecule has 0 amide bonds. The zero-order valence-corrected chi connectivity index (χ0v) is 9.28. The summed E-state index contributed by atoms with van der Waals surface area (Å²) >= 11 is 0. The molecular weight excluding hydrogens is 249 g/mol. The van der Waals surface area contributed by atoms with E-state index in [1.54, 1.807) is 6.92 Å². The van der Waals surface area contributed by atoms with Crippen molar-refractivity contribution in [1.82, 2.24) is 0 Å². The normalized spacial score (nSPS) is 12.6. The van der Waals surface area contributed by atoms with Crippen LogP contribution in [0, 0.1) is 22.5 Å². The van der Waals surface area contributed by atoms with Crippen molar-refractivity contribution in [1.29, 1.82) is 0 Å². The fourth-order valence-corrected chi connectivity index (χ4v) is 1.30. The molecule has 0 aliphatic heterocycles. The van der Waals surface area contributed by atoms with Crippen LogP contribution in [-0.4, -0.2) is 11.0 Å². The van der Waals surface area contributed by atoms with Gasteiger partial charge in [-0.3, -0.25) is 10.1 Å². The molecule has 0 aliphatic carbocycles. The largest absolute Gasteiger partial charge is 0.423 e. The quantitative estimate of drug-likeness (QED) is 0.515. The van der Waals surface area contributed by atoms with Crippen molar-refractivity contribution < 1.29 is 18.1 Å². The van der Waals surface area contributed by atoms with Crippen LogP contribution in [0.15, 0.2) is 18.2 Å². The Morgan fingerprint density at radius 1 is 1.50 bits per heavy atom. The zero-order chi connectivity index (χ0) is 13.9. The second-order valence-electron chi connectivity index (χ2n) is 3.52. The van der Waals surface area contributed by atoms with Crippen LogP contribution in [0.3, 0.4) is 0 Å². The number of nitro groups is 1. The maximum Gasteiger partial charge on any atom is 0.423 e. The van der Waals surface area contributed by atoms with Gasteiger partial charge >= 0.3 is 6.18 Å². The Morgan fingerprint density at radius 3 is 2.56 bits per heavy atom. The molecule has 1 unspecified atom stereocenters. The molecule has 0 bridgehead atoms. The van der Waals surface area contributed by atoms with E-state index in [4.69, 9.17) is 6.42 Å². The minimum atomic E-state index is -4.79. The van der Waals surface area contributed by atoms with Crippen molar-refractivity contribution in [3.63, 3.8) is 0 Å². The highest BCUT2D eigenvalue weighted by Crippen LogP contribution is 2.37. The molecule has 1 atom stereocenters. The van der Waals surface area contributed by atoms with Gasteiger partial charge in [0.2, 0.25) is 0 Å². The Labute approximate surface area is 101 Å². The lowest BCUT2D eigenvalue weighted by Crippen LogP contribution is -2.14. The Morgan fingerprint density at radius 2 is 2.11 bits per heavy atom. The van der Waals surface area contributed by atoms with Gasteiger partial charge in [-0.15, -0.1) is 6.42 Å². The van der Waals surface area contributed by atoms with E-state index in [0.29, 0.717) is 6.07 Å². The maximum atomic E-state index is 12.6. The zero-order valence-electron chi connectivity index (χ0n) is 9.28. The van der Waals surface area contributed by atoms with Crippen molar-refractivity contribution >= 4 is 11.4 Å². The highest BCUT2D eigenvalue weighted by Gasteiger charge is 2.38. The van der Waals surface area contributed by atoms with Crippen LogP contribution in [0.2, 0.25) is 0 Å². The van der Waals surface area contributed by atoms with Gasteiger partial charge in [0.15, 0.2) is 0 Å². The summed E-state index contributed by atoms with van der Waals surface area (Å²) in [7, 11) is 0. The molecule has 0 spiro atoms. The third kappa shape index (κ3) is 3.13. The number of nitrogens with one attached hydrogen (secondary N) is 1. The molecule has 1 aromatic carbocycles. The Balaban J connectivity index is 3.23. The van der Waals surface area contributed by atoms with Gasteiger partial charge < -0.3 is 5.32 Å². The molecule has 96 valence electrons. The second kappa shape index (κ2) is 4.96. The number of alkyl halides is 3. The monoisotopic (exact) mass is 258 g/mol. The van der Waals surface area contributed by atoms with Gasteiger partial charge in [-0.1, -0.05) is 5.92 Å². The molecule has 7 heteroatoms. The number of nitro benzene ring substituents is 1. The molecule has 0 saturated heterocycles. The number of hydrogen-bond donors (Lipinski definition) is 1. The van der Waals surface area contributed by atoms with Crippen LogP contribution in [0.25, 0.3) is 0 Å². The first-order valence-electron chi connectivity index (χ1n) is 4.84. The fourth-order valence-electron chi connectivity index (χ4n) is 1.30. The number of nitrogens with zero attached hydrogens (tertiary/aromatic N) is 1. The maximum absolute atomic E-state index is 12.6. The van der Waals surface area contributed by atoms with Gasteiger partial charge in [0, 0.05) is 11.8 Å². The minimum Gasteiger partial charge on any atom is -0.372 e. The van der Waals surface area contributed by atoms with E-state index in [1.807, 2.05) is 0 Å². The Bertz CT molecular complexity index is 506. The van der Waals surface area contributed by atoms with Gasteiger partial charge in [-0.25, -0.2) is 0 Å². The van der Waals surface area contributed by atoms with Gasteiger partial charge in [-0.2, -0.15) is 13.2 Å². The van der Waals surface area contributed by atoms with Crippen LogP contribution in [0.4, 0.5) is 24.5 Å². The smallest absolute Gasteiger partial charge is 0.372 e. The number of rotatable bonds is 3. The van der Waals surface area contributed by atoms with Crippen LogP contribution in [0.5, 0.6) is 0 Å². The van der Waals surface area contributed by atoms with Crippen molar-refractivity contribution in [2.75, 3.05) is 5.32 Å². The second-order valence-corrected chi connectivity index (χ2v) is 3.52.